The molecule has 0 amide bonds. The molecule has 14 atom stereocenters. The smallest absolute Gasteiger partial charge is 0.328 e. The third kappa shape index (κ3) is 8.09. The maximum Gasteiger partial charge on any atom is 0.328 e. The van der Waals surface area contributed by atoms with E-state index in [2.05, 4.69) is 0 Å². The molecular weight excluding hydrogens is 562 g/mol. The van der Waals surface area contributed by atoms with Crippen molar-refractivity contribution in [2.24, 2.45) is 0 Å². The van der Waals surface area contributed by atoms with Crippen molar-refractivity contribution in [3.8, 4) is 0 Å². The Morgan fingerprint density at radius 3 is 1.46 bits per heavy atom. The van der Waals surface area contributed by atoms with Crippen LogP contribution in [0.5, 0.6) is 0 Å². The van der Waals surface area contributed by atoms with E-state index in [1.54, 1.807) is 20.8 Å². The average Bonchev–Trinajstić information content (AvgIpc) is 3.44. The Morgan fingerprint density at radius 2 is 1.03 bits per heavy atom. The maximum atomic E-state index is 13.3. The number of aliphatic hydroxyl groups excluding tert-OH is 2. The summed E-state index contributed by atoms with van der Waals surface area (Å²) in [5, 5.41) is 20.1. The van der Waals surface area contributed by atoms with Gasteiger partial charge in [-0.3, -0.25) is 18.2 Å². The van der Waals surface area contributed by atoms with E-state index in [4.69, 9.17) is 46.5 Å². The Morgan fingerprint density at radius 1 is 0.641 bits per heavy atom. The number of hydrogen-bond acceptors (Lipinski definition) is 14. The molecule has 8 unspecified atom stereocenters. The van der Waals surface area contributed by atoms with Gasteiger partial charge in [0, 0.05) is 34.7 Å². The third-order valence-electron chi connectivity index (χ3n) is 7.22. The Balaban J connectivity index is 1.62. The molecule has 3 heterocycles. The molecule has 3 saturated heterocycles. The zero-order chi connectivity index (χ0) is 29.1. The molecule has 0 radical (unpaired) electrons. The minimum Gasteiger partial charge on any atom is -0.394 e. The molecule has 0 aromatic heterocycles. The summed E-state index contributed by atoms with van der Waals surface area (Å²) in [6.07, 6.45) is -7.88. The molecule has 0 bridgehead atoms. The summed E-state index contributed by atoms with van der Waals surface area (Å²) in [4.78, 5) is 0. The standard InChI is InChI=1S/C23H44O14P2/c1-12-19(28-4)18(25)16(34-12)10-31-38(7,26)37-23-17(35-14(3)21(23)30-6)11-32-39(8,27)36-22-15(9-24)33-13(2)20(22)29-5/h12-25H,9-11H2,1-8H3/t12-,13-,14-,15+,16+,17+,18?,19?,20?,21?,22?,23?,38?,39?/m0/s1. The largest absolute Gasteiger partial charge is 0.394 e. The van der Waals surface area contributed by atoms with E-state index in [1.807, 2.05) is 0 Å². The van der Waals surface area contributed by atoms with Crippen molar-refractivity contribution in [2.75, 3.05) is 54.5 Å². The molecule has 3 aliphatic heterocycles. The Hall–Kier alpha value is -0.0200. The van der Waals surface area contributed by atoms with Gasteiger partial charge in [0.15, 0.2) is 0 Å². The van der Waals surface area contributed by atoms with E-state index in [1.165, 1.54) is 34.7 Å². The Kier molecular flexibility index (Phi) is 12.0. The van der Waals surface area contributed by atoms with Crippen molar-refractivity contribution in [1.82, 2.24) is 0 Å². The van der Waals surface area contributed by atoms with Gasteiger partial charge in [-0.05, 0) is 20.8 Å². The number of rotatable bonds is 14. The number of aliphatic hydroxyl groups is 2. The SMILES string of the molecule is COC1C(O)[C@@H](COP(C)(=O)OC2C(OC)[C@H](C)O[C@@H]2COP(C)(=O)OC2C(OC)[C@H](C)O[C@@H]2CO)O[C@H]1C. The lowest BCUT2D eigenvalue weighted by molar-refractivity contribution is -0.0332. The maximum absolute atomic E-state index is 13.3. The van der Waals surface area contributed by atoms with Crippen LogP contribution in [0, 0.1) is 0 Å². The number of hydrogen-bond donors (Lipinski definition) is 2. The molecule has 0 aliphatic carbocycles. The van der Waals surface area contributed by atoms with E-state index >= 15 is 0 Å². The van der Waals surface area contributed by atoms with E-state index in [0.717, 1.165) is 0 Å². The zero-order valence-electron chi connectivity index (χ0n) is 23.7. The minimum absolute atomic E-state index is 0.187. The van der Waals surface area contributed by atoms with Gasteiger partial charge in [-0.2, -0.15) is 0 Å². The monoisotopic (exact) mass is 606 g/mol. The van der Waals surface area contributed by atoms with Crippen molar-refractivity contribution in [1.29, 1.82) is 0 Å². The van der Waals surface area contributed by atoms with Crippen LogP contribution in [0.15, 0.2) is 0 Å². The Labute approximate surface area is 229 Å². The van der Waals surface area contributed by atoms with Crippen molar-refractivity contribution in [3.05, 3.63) is 0 Å². The third-order valence-corrected chi connectivity index (χ3v) is 9.71. The highest BCUT2D eigenvalue weighted by molar-refractivity contribution is 7.53. The number of methoxy groups -OCH3 is 3. The highest BCUT2D eigenvalue weighted by Crippen LogP contribution is 2.51. The predicted octanol–water partition coefficient (Wildman–Crippen LogP) is 1.20. The fourth-order valence-electron chi connectivity index (χ4n) is 5.32. The summed E-state index contributed by atoms with van der Waals surface area (Å²) >= 11 is 0. The molecule has 230 valence electrons. The lowest BCUT2D eigenvalue weighted by Gasteiger charge is -2.28. The van der Waals surface area contributed by atoms with Gasteiger partial charge in [-0.25, -0.2) is 0 Å². The highest BCUT2D eigenvalue weighted by atomic mass is 31.2. The summed E-state index contributed by atoms with van der Waals surface area (Å²) < 4.78 is 82.8. The van der Waals surface area contributed by atoms with Crippen molar-refractivity contribution in [3.63, 3.8) is 0 Å². The minimum atomic E-state index is -3.71. The first-order valence-electron chi connectivity index (χ1n) is 12.9. The summed E-state index contributed by atoms with van der Waals surface area (Å²) in [6, 6.07) is 0. The van der Waals surface area contributed by atoms with Crippen LogP contribution in [0.3, 0.4) is 0 Å². The first kappa shape index (κ1) is 33.5. The van der Waals surface area contributed by atoms with Crippen LogP contribution in [0.2, 0.25) is 0 Å². The van der Waals surface area contributed by atoms with E-state index in [9.17, 15) is 19.3 Å². The van der Waals surface area contributed by atoms with Crippen LogP contribution in [-0.4, -0.2) is 138 Å². The summed E-state index contributed by atoms with van der Waals surface area (Å²) in [5.74, 6) is 0. The van der Waals surface area contributed by atoms with Gasteiger partial charge in [0.2, 0.25) is 0 Å². The van der Waals surface area contributed by atoms with E-state index < -0.39 is 76.2 Å². The average molecular weight is 607 g/mol. The second kappa shape index (κ2) is 14.0. The molecule has 39 heavy (non-hydrogen) atoms. The van der Waals surface area contributed by atoms with Gasteiger partial charge in [-0.1, -0.05) is 0 Å². The summed E-state index contributed by atoms with van der Waals surface area (Å²) in [5.41, 5.74) is 0. The van der Waals surface area contributed by atoms with Gasteiger partial charge in [0.25, 0.3) is 0 Å². The molecule has 0 saturated carbocycles. The quantitative estimate of drug-likeness (QED) is 0.271. The van der Waals surface area contributed by atoms with Gasteiger partial charge >= 0.3 is 15.2 Å². The molecular formula is C23H44O14P2. The summed E-state index contributed by atoms with van der Waals surface area (Å²) in [7, 11) is -2.99. The lowest BCUT2D eigenvalue weighted by Crippen LogP contribution is -2.39. The molecule has 16 heteroatoms. The second-order valence-electron chi connectivity index (χ2n) is 10.2. The van der Waals surface area contributed by atoms with Crippen LogP contribution < -0.4 is 0 Å². The molecule has 0 spiro atoms. The van der Waals surface area contributed by atoms with E-state index in [0.29, 0.717) is 0 Å². The van der Waals surface area contributed by atoms with Crippen LogP contribution in [0.1, 0.15) is 20.8 Å². The Bertz CT molecular complexity index is 878. The van der Waals surface area contributed by atoms with Crippen LogP contribution in [-0.2, 0) is 55.6 Å². The van der Waals surface area contributed by atoms with Gasteiger partial charge < -0.3 is 47.7 Å². The molecule has 0 aromatic rings. The second-order valence-corrected chi connectivity index (χ2v) is 14.2. The zero-order valence-corrected chi connectivity index (χ0v) is 25.5. The van der Waals surface area contributed by atoms with Crippen molar-refractivity contribution in [2.45, 2.75) is 94.0 Å². The van der Waals surface area contributed by atoms with E-state index in [-0.39, 0.29) is 32.0 Å². The molecule has 3 aliphatic rings. The normalized spacial score (nSPS) is 43.9. The first-order chi connectivity index (χ1) is 18.3. The molecule has 0 aromatic carbocycles. The first-order valence-corrected chi connectivity index (χ1v) is 16.9. The molecule has 14 nitrogen and oxygen atoms in total. The van der Waals surface area contributed by atoms with Crippen LogP contribution in [0.4, 0.5) is 0 Å². The highest BCUT2D eigenvalue weighted by Gasteiger charge is 2.50. The predicted molar refractivity (Wildman–Crippen MR) is 137 cm³/mol. The van der Waals surface area contributed by atoms with Crippen molar-refractivity contribution >= 4 is 15.2 Å². The van der Waals surface area contributed by atoms with Gasteiger partial charge in [-0.15, -0.1) is 0 Å². The number of ether oxygens (including phenoxy) is 6. The van der Waals surface area contributed by atoms with Gasteiger partial charge in [0.05, 0.1) is 38.1 Å². The van der Waals surface area contributed by atoms with Gasteiger partial charge in [0.1, 0.15) is 54.9 Å². The van der Waals surface area contributed by atoms with Crippen LogP contribution in [0.25, 0.3) is 0 Å². The summed E-state index contributed by atoms with van der Waals surface area (Å²) in [6.45, 7) is 7.13. The fourth-order valence-corrected chi connectivity index (χ4v) is 7.67. The fraction of sp³-hybridized carbons (Fsp3) is 1.00. The molecule has 3 fully saturated rings. The van der Waals surface area contributed by atoms with Crippen LogP contribution >= 0.6 is 15.2 Å². The topological polar surface area (TPSA) is 167 Å². The lowest BCUT2D eigenvalue weighted by atomic mass is 10.1. The van der Waals surface area contributed by atoms with Crippen molar-refractivity contribution < 1.29 is 65.9 Å². The molecule has 2 N–H and O–H groups in total. The molecule has 3 rings (SSSR count).